The van der Waals surface area contributed by atoms with E-state index in [1.54, 1.807) is 7.11 Å². The first-order valence-corrected chi connectivity index (χ1v) is 8.76. The number of aryl methyl sites for hydroxylation is 2. The minimum Gasteiger partial charge on any atom is -0.497 e. The normalized spacial score (nSPS) is 13.3. The predicted molar refractivity (Wildman–Crippen MR) is 103 cm³/mol. The van der Waals surface area contributed by atoms with E-state index in [0.717, 1.165) is 40.5 Å². The highest BCUT2D eigenvalue weighted by Gasteiger charge is 2.32. The van der Waals surface area contributed by atoms with Crippen molar-refractivity contribution in [2.75, 3.05) is 12.4 Å². The molecule has 1 N–H and O–H groups in total. The molecule has 0 aliphatic heterocycles. The third kappa shape index (κ3) is 3.27. The van der Waals surface area contributed by atoms with Gasteiger partial charge in [0.25, 0.3) is 0 Å². The maximum atomic E-state index is 5.33. The van der Waals surface area contributed by atoms with Crippen molar-refractivity contribution in [2.24, 2.45) is 0 Å². The zero-order chi connectivity index (χ0) is 18.7. The first-order valence-electron chi connectivity index (χ1n) is 8.76. The minimum atomic E-state index is -0.440. The fraction of sp³-hybridized carbons (Fsp3) is 0.350. The van der Waals surface area contributed by atoms with E-state index >= 15 is 0 Å². The van der Waals surface area contributed by atoms with Crippen LogP contribution < -0.4 is 10.1 Å². The van der Waals surface area contributed by atoms with Gasteiger partial charge in [-0.25, -0.2) is 0 Å². The monoisotopic (exact) mass is 351 g/mol. The molecule has 0 radical (unpaired) electrons. The third-order valence-corrected chi connectivity index (χ3v) is 4.81. The van der Waals surface area contributed by atoms with Crippen LogP contribution in [0.25, 0.3) is 5.69 Å². The zero-order valence-electron chi connectivity index (χ0n) is 15.9. The van der Waals surface area contributed by atoms with E-state index in [0.29, 0.717) is 0 Å². The molecular formula is C20H25N5O. The van der Waals surface area contributed by atoms with Crippen molar-refractivity contribution < 1.29 is 4.74 Å². The molecule has 0 fully saturated rings. The number of hydrogen-bond donors (Lipinski definition) is 1. The highest BCUT2D eigenvalue weighted by atomic mass is 16.5. The summed E-state index contributed by atoms with van der Waals surface area (Å²) in [6, 6.07) is 14.1. The average Bonchev–Trinajstić information content (AvgIpc) is 3.12. The highest BCUT2D eigenvalue weighted by molar-refractivity contribution is 5.52. The quantitative estimate of drug-likeness (QED) is 0.726. The molecule has 1 heterocycles. The van der Waals surface area contributed by atoms with Crippen LogP contribution in [0, 0.1) is 13.8 Å². The Labute approximate surface area is 154 Å². The van der Waals surface area contributed by atoms with Gasteiger partial charge in [0.15, 0.2) is 5.82 Å². The molecule has 0 spiro atoms. The van der Waals surface area contributed by atoms with E-state index in [4.69, 9.17) is 4.74 Å². The molecule has 6 heteroatoms. The Kier molecular flexibility index (Phi) is 4.93. The maximum Gasteiger partial charge on any atom is 0.181 e. The van der Waals surface area contributed by atoms with E-state index in [1.165, 1.54) is 0 Å². The summed E-state index contributed by atoms with van der Waals surface area (Å²) in [5.41, 5.74) is 3.83. The van der Waals surface area contributed by atoms with Gasteiger partial charge in [-0.3, -0.25) is 0 Å². The number of nitrogens with one attached hydrogen (secondary N) is 1. The molecule has 0 unspecified atom stereocenters. The smallest absolute Gasteiger partial charge is 0.181 e. The summed E-state index contributed by atoms with van der Waals surface area (Å²) >= 11 is 0. The Morgan fingerprint density at radius 2 is 1.81 bits per heavy atom. The van der Waals surface area contributed by atoms with Crippen LogP contribution in [-0.4, -0.2) is 27.3 Å². The molecule has 3 rings (SSSR count). The summed E-state index contributed by atoms with van der Waals surface area (Å²) in [5.74, 6) is 1.59. The number of nitrogens with zero attached hydrogens (tertiary/aromatic N) is 4. The number of para-hydroxylation sites is 1. The standard InChI is InChI=1S/C20H25N5O/c1-6-20(4,21-16-11-8-12-17(13-16)26-5)19-22-23-24-25(19)18-14(2)9-7-10-15(18)3/h7-13,21H,6H2,1-5H3/t20-/m0/s1. The summed E-state index contributed by atoms with van der Waals surface area (Å²) in [4.78, 5) is 0. The molecule has 136 valence electrons. The van der Waals surface area contributed by atoms with E-state index in [9.17, 15) is 0 Å². The summed E-state index contributed by atoms with van der Waals surface area (Å²) in [7, 11) is 1.67. The van der Waals surface area contributed by atoms with Crippen molar-refractivity contribution >= 4 is 5.69 Å². The van der Waals surface area contributed by atoms with Gasteiger partial charge >= 0.3 is 0 Å². The van der Waals surface area contributed by atoms with Gasteiger partial charge in [-0.1, -0.05) is 31.2 Å². The first kappa shape index (κ1) is 17.9. The molecule has 2 aromatic carbocycles. The van der Waals surface area contributed by atoms with E-state index in [-0.39, 0.29) is 0 Å². The first-order chi connectivity index (χ1) is 12.5. The van der Waals surface area contributed by atoms with Gasteiger partial charge in [0.1, 0.15) is 5.75 Å². The SMILES string of the molecule is CC[C@](C)(Nc1cccc(OC)c1)c1nnnn1-c1c(C)cccc1C. The average molecular weight is 351 g/mol. The number of anilines is 1. The Bertz CT molecular complexity index is 884. The van der Waals surface area contributed by atoms with Crippen LogP contribution in [0.1, 0.15) is 37.2 Å². The second-order valence-corrected chi connectivity index (χ2v) is 6.70. The van der Waals surface area contributed by atoms with Crippen LogP contribution in [0.5, 0.6) is 5.75 Å². The number of ether oxygens (including phenoxy) is 1. The van der Waals surface area contributed by atoms with Gasteiger partial charge in [0.2, 0.25) is 0 Å². The number of hydrogen-bond acceptors (Lipinski definition) is 5. The van der Waals surface area contributed by atoms with Gasteiger partial charge < -0.3 is 10.1 Å². The molecule has 1 atom stereocenters. The number of benzene rings is 2. The number of aromatic nitrogens is 4. The number of tetrazole rings is 1. The lowest BCUT2D eigenvalue weighted by Crippen LogP contribution is -2.34. The van der Waals surface area contributed by atoms with Crippen LogP contribution in [0.4, 0.5) is 5.69 Å². The Balaban J connectivity index is 2.05. The van der Waals surface area contributed by atoms with Gasteiger partial charge in [-0.2, -0.15) is 4.68 Å². The fourth-order valence-corrected chi connectivity index (χ4v) is 3.14. The Morgan fingerprint density at radius 3 is 2.46 bits per heavy atom. The van der Waals surface area contributed by atoms with E-state index < -0.39 is 5.54 Å². The number of methoxy groups -OCH3 is 1. The molecule has 0 aliphatic carbocycles. The van der Waals surface area contributed by atoms with Crippen molar-refractivity contribution in [3.8, 4) is 11.4 Å². The lowest BCUT2D eigenvalue weighted by atomic mass is 9.96. The minimum absolute atomic E-state index is 0.440. The van der Waals surface area contributed by atoms with Crippen LogP contribution in [0.2, 0.25) is 0 Å². The fourth-order valence-electron chi connectivity index (χ4n) is 3.14. The molecule has 26 heavy (non-hydrogen) atoms. The van der Waals surface area contributed by atoms with E-state index in [1.807, 2.05) is 35.0 Å². The van der Waals surface area contributed by atoms with Crippen molar-refractivity contribution in [1.82, 2.24) is 20.2 Å². The second-order valence-electron chi connectivity index (χ2n) is 6.70. The summed E-state index contributed by atoms with van der Waals surface area (Å²) in [6.07, 6.45) is 0.815. The summed E-state index contributed by atoms with van der Waals surface area (Å²) in [5, 5.41) is 16.2. The van der Waals surface area contributed by atoms with Crippen molar-refractivity contribution in [1.29, 1.82) is 0 Å². The molecule has 6 nitrogen and oxygen atoms in total. The molecule has 3 aromatic rings. The van der Waals surface area contributed by atoms with Crippen LogP contribution >= 0.6 is 0 Å². The molecule has 0 saturated heterocycles. The van der Waals surface area contributed by atoms with Crippen LogP contribution in [-0.2, 0) is 5.54 Å². The molecule has 1 aromatic heterocycles. The van der Waals surface area contributed by atoms with Gasteiger partial charge in [0.05, 0.1) is 18.3 Å². The largest absolute Gasteiger partial charge is 0.497 e. The molecule has 0 amide bonds. The van der Waals surface area contributed by atoms with E-state index in [2.05, 4.69) is 60.7 Å². The van der Waals surface area contributed by atoms with Gasteiger partial charge in [-0.15, -0.1) is 5.10 Å². The van der Waals surface area contributed by atoms with Crippen LogP contribution in [0.3, 0.4) is 0 Å². The Morgan fingerprint density at radius 1 is 1.12 bits per heavy atom. The lowest BCUT2D eigenvalue weighted by molar-refractivity contribution is 0.414. The number of rotatable bonds is 6. The Hall–Kier alpha value is -2.89. The van der Waals surface area contributed by atoms with Crippen LogP contribution in [0.15, 0.2) is 42.5 Å². The summed E-state index contributed by atoms with van der Waals surface area (Å²) < 4.78 is 7.18. The predicted octanol–water partition coefficient (Wildman–Crippen LogP) is 4.03. The molecule has 0 aliphatic rings. The van der Waals surface area contributed by atoms with Crippen molar-refractivity contribution in [3.63, 3.8) is 0 Å². The third-order valence-electron chi connectivity index (χ3n) is 4.81. The second kappa shape index (κ2) is 7.15. The zero-order valence-corrected chi connectivity index (χ0v) is 15.9. The molecular weight excluding hydrogens is 326 g/mol. The highest BCUT2D eigenvalue weighted by Crippen LogP contribution is 2.31. The topological polar surface area (TPSA) is 64.9 Å². The summed E-state index contributed by atoms with van der Waals surface area (Å²) in [6.45, 7) is 8.39. The van der Waals surface area contributed by atoms with Crippen molar-refractivity contribution in [2.45, 2.75) is 39.7 Å². The van der Waals surface area contributed by atoms with Gasteiger partial charge in [0, 0.05) is 11.8 Å². The lowest BCUT2D eigenvalue weighted by Gasteiger charge is -2.30. The molecule has 0 bridgehead atoms. The molecule has 0 saturated carbocycles. The maximum absolute atomic E-state index is 5.33. The van der Waals surface area contributed by atoms with Gasteiger partial charge in [-0.05, 0) is 60.9 Å². The van der Waals surface area contributed by atoms with Crippen molar-refractivity contribution in [3.05, 3.63) is 59.4 Å².